The van der Waals surface area contributed by atoms with Gasteiger partial charge >= 0.3 is 6.18 Å². The fraction of sp³-hybridized carbons (Fsp3) is 0.429. The predicted molar refractivity (Wildman–Crippen MR) is 119 cm³/mol. The topological polar surface area (TPSA) is 0 Å². The van der Waals surface area contributed by atoms with Gasteiger partial charge in [-0.05, 0) is 98.9 Å². The highest BCUT2D eigenvalue weighted by atomic mass is 19.4. The fourth-order valence-corrected chi connectivity index (χ4v) is 5.62. The molecule has 0 nitrogen and oxygen atoms in total. The highest BCUT2D eigenvalue weighted by Gasteiger charge is 2.38. The summed E-state index contributed by atoms with van der Waals surface area (Å²) in [6, 6.07) is 5.85. The first kappa shape index (κ1) is 24.4. The first-order chi connectivity index (χ1) is 16.2. The van der Waals surface area contributed by atoms with Crippen molar-refractivity contribution in [2.75, 3.05) is 0 Å². The quantitative estimate of drug-likeness (QED) is 0.232. The zero-order valence-corrected chi connectivity index (χ0v) is 18.9. The first-order valence-corrected chi connectivity index (χ1v) is 11.7. The summed E-state index contributed by atoms with van der Waals surface area (Å²) >= 11 is 0. The molecular weight excluding hydrogens is 450 g/mol. The molecule has 2 aromatic rings. The molecule has 0 bridgehead atoms. The van der Waals surface area contributed by atoms with Crippen LogP contribution in [0.4, 0.5) is 26.3 Å². The molecule has 2 aliphatic carbocycles. The molecule has 0 aromatic heterocycles. The van der Waals surface area contributed by atoms with Gasteiger partial charge in [0.15, 0.2) is 0 Å². The Bertz CT molecular complexity index is 1110. The molecule has 2 fully saturated rings. The predicted octanol–water partition coefficient (Wildman–Crippen LogP) is 8.40. The number of allylic oxidation sites excluding steroid dienone is 2. The second-order valence-electron chi connectivity index (χ2n) is 9.43. The molecule has 2 aromatic carbocycles. The molecule has 0 aliphatic heterocycles. The van der Waals surface area contributed by atoms with Crippen molar-refractivity contribution in [1.29, 1.82) is 0 Å². The second kappa shape index (κ2) is 9.90. The SMILES string of the molecule is C/C=C/C1CCC2CC(c3ccc(C#Cc4cc(F)c(C(F)(F)F)c(F)c4)c(F)c3)CCC2C1. The summed E-state index contributed by atoms with van der Waals surface area (Å²) in [6.07, 6.45) is 6.12. The van der Waals surface area contributed by atoms with Crippen LogP contribution in [0, 0.1) is 47.0 Å². The third-order valence-corrected chi connectivity index (χ3v) is 7.25. The highest BCUT2D eigenvalue weighted by molar-refractivity contribution is 5.46. The number of hydrogen-bond acceptors (Lipinski definition) is 0. The summed E-state index contributed by atoms with van der Waals surface area (Å²) in [6.45, 7) is 2.06. The van der Waals surface area contributed by atoms with Crippen molar-refractivity contribution in [3.05, 3.63) is 82.2 Å². The highest BCUT2D eigenvalue weighted by Crippen LogP contribution is 2.48. The normalized spacial score (nSPS) is 25.0. The second-order valence-corrected chi connectivity index (χ2v) is 9.43. The number of fused-ring (bicyclic) bond motifs is 1. The Balaban J connectivity index is 1.47. The van der Waals surface area contributed by atoms with Gasteiger partial charge in [0.25, 0.3) is 0 Å². The molecule has 0 saturated heterocycles. The molecule has 4 atom stereocenters. The maximum Gasteiger partial charge on any atom is 0.422 e. The van der Waals surface area contributed by atoms with Crippen LogP contribution in [0.3, 0.4) is 0 Å². The van der Waals surface area contributed by atoms with Crippen LogP contribution in [0.5, 0.6) is 0 Å². The summed E-state index contributed by atoms with van der Waals surface area (Å²) in [5, 5.41) is 0. The minimum atomic E-state index is -5.15. The molecule has 4 unspecified atom stereocenters. The minimum Gasteiger partial charge on any atom is -0.206 e. The van der Waals surface area contributed by atoms with Crippen molar-refractivity contribution >= 4 is 0 Å². The number of hydrogen-bond donors (Lipinski definition) is 0. The van der Waals surface area contributed by atoms with E-state index >= 15 is 0 Å². The van der Waals surface area contributed by atoms with E-state index in [9.17, 15) is 26.3 Å². The van der Waals surface area contributed by atoms with Crippen molar-refractivity contribution < 1.29 is 26.3 Å². The smallest absolute Gasteiger partial charge is 0.206 e. The van der Waals surface area contributed by atoms with Crippen LogP contribution in [0.1, 0.15) is 73.6 Å². The van der Waals surface area contributed by atoms with E-state index in [0.29, 0.717) is 24.0 Å². The average Bonchev–Trinajstić information content (AvgIpc) is 2.76. The Morgan fingerprint density at radius 1 is 0.824 bits per heavy atom. The maximum absolute atomic E-state index is 14.7. The summed E-state index contributed by atoms with van der Waals surface area (Å²) in [4.78, 5) is 0. The van der Waals surface area contributed by atoms with Gasteiger partial charge in [0.05, 0.1) is 5.56 Å². The van der Waals surface area contributed by atoms with Gasteiger partial charge in [-0.25, -0.2) is 13.2 Å². The van der Waals surface area contributed by atoms with Gasteiger partial charge in [-0.2, -0.15) is 13.2 Å². The fourth-order valence-electron chi connectivity index (χ4n) is 5.62. The van der Waals surface area contributed by atoms with Crippen LogP contribution in [-0.2, 0) is 6.18 Å². The molecule has 0 heterocycles. The van der Waals surface area contributed by atoms with Crippen LogP contribution >= 0.6 is 0 Å². The standard InChI is InChI=1S/C28H26F6/c1-2-3-17-4-7-21-15-22(11-10-20(21)12-17)23-9-8-19(24(29)16-23)6-5-18-13-25(30)27(26(31)14-18)28(32,33)34/h2-3,8-9,13-14,16-17,20-22H,4,7,10-12,15H2,1H3/b3-2+. The van der Waals surface area contributed by atoms with Crippen molar-refractivity contribution in [3.63, 3.8) is 0 Å². The monoisotopic (exact) mass is 476 g/mol. The van der Waals surface area contributed by atoms with E-state index in [2.05, 4.69) is 30.9 Å². The van der Waals surface area contributed by atoms with Crippen molar-refractivity contribution in [2.24, 2.45) is 17.8 Å². The van der Waals surface area contributed by atoms with E-state index < -0.39 is 29.2 Å². The lowest BCUT2D eigenvalue weighted by atomic mass is 9.64. The third kappa shape index (κ3) is 5.35. The van der Waals surface area contributed by atoms with Gasteiger partial charge in [0, 0.05) is 5.56 Å². The summed E-state index contributed by atoms with van der Waals surface area (Å²) in [5.74, 6) is 3.16. The molecule has 6 heteroatoms. The van der Waals surface area contributed by atoms with Crippen molar-refractivity contribution in [1.82, 2.24) is 0 Å². The van der Waals surface area contributed by atoms with Gasteiger partial charge < -0.3 is 0 Å². The maximum atomic E-state index is 14.7. The lowest BCUT2D eigenvalue weighted by Gasteiger charge is -2.41. The van der Waals surface area contributed by atoms with Crippen molar-refractivity contribution in [2.45, 2.75) is 57.5 Å². The summed E-state index contributed by atoms with van der Waals surface area (Å²) in [5.41, 5.74) is -1.30. The van der Waals surface area contributed by atoms with Gasteiger partial charge in [0.1, 0.15) is 23.0 Å². The average molecular weight is 477 g/mol. The Hall–Kier alpha value is -2.68. The largest absolute Gasteiger partial charge is 0.422 e. The zero-order valence-electron chi connectivity index (χ0n) is 18.9. The summed E-state index contributed by atoms with van der Waals surface area (Å²) < 4.78 is 80.4. The molecule has 2 saturated carbocycles. The van der Waals surface area contributed by atoms with E-state index in [-0.39, 0.29) is 17.0 Å². The Labute approximate surface area is 196 Å². The lowest BCUT2D eigenvalue weighted by Crippen LogP contribution is -2.30. The van der Waals surface area contributed by atoms with Crippen LogP contribution in [0.2, 0.25) is 0 Å². The van der Waals surface area contributed by atoms with E-state index in [0.717, 1.165) is 30.7 Å². The number of benzene rings is 2. The summed E-state index contributed by atoms with van der Waals surface area (Å²) in [7, 11) is 0. The molecule has 0 amide bonds. The Morgan fingerprint density at radius 2 is 1.50 bits per heavy atom. The number of rotatable bonds is 2. The van der Waals surface area contributed by atoms with Crippen LogP contribution in [-0.4, -0.2) is 0 Å². The van der Waals surface area contributed by atoms with Gasteiger partial charge in [-0.15, -0.1) is 0 Å². The van der Waals surface area contributed by atoms with Crippen LogP contribution < -0.4 is 0 Å². The van der Waals surface area contributed by atoms with E-state index in [4.69, 9.17) is 0 Å². The van der Waals surface area contributed by atoms with Crippen molar-refractivity contribution in [3.8, 4) is 11.8 Å². The molecule has 0 N–H and O–H groups in total. The van der Waals surface area contributed by atoms with E-state index in [1.54, 1.807) is 0 Å². The molecule has 2 aliphatic rings. The van der Waals surface area contributed by atoms with E-state index in [1.807, 2.05) is 6.07 Å². The number of halogens is 6. The minimum absolute atomic E-state index is 0.0324. The third-order valence-electron chi connectivity index (χ3n) is 7.25. The zero-order chi connectivity index (χ0) is 24.5. The van der Waals surface area contributed by atoms with Gasteiger partial charge in [-0.3, -0.25) is 0 Å². The Morgan fingerprint density at radius 3 is 2.15 bits per heavy atom. The molecular formula is C28H26F6. The van der Waals surface area contributed by atoms with Gasteiger partial charge in [0.2, 0.25) is 0 Å². The molecule has 180 valence electrons. The molecule has 0 radical (unpaired) electrons. The molecule has 0 spiro atoms. The first-order valence-electron chi connectivity index (χ1n) is 11.7. The Kier molecular flexibility index (Phi) is 7.12. The van der Waals surface area contributed by atoms with Crippen LogP contribution in [0.25, 0.3) is 0 Å². The van der Waals surface area contributed by atoms with E-state index in [1.165, 1.54) is 31.4 Å². The number of alkyl halides is 3. The van der Waals surface area contributed by atoms with Gasteiger partial charge in [-0.1, -0.05) is 30.1 Å². The molecule has 34 heavy (non-hydrogen) atoms. The molecule has 4 rings (SSSR count). The lowest BCUT2D eigenvalue weighted by molar-refractivity contribution is -0.142. The van der Waals surface area contributed by atoms with Crippen LogP contribution in [0.15, 0.2) is 42.5 Å².